The third-order valence-corrected chi connectivity index (χ3v) is 7.28. The Labute approximate surface area is 194 Å². The Bertz CT molecular complexity index is 908. The summed E-state index contributed by atoms with van der Waals surface area (Å²) < 4.78 is 0. The normalized spacial score (nSPS) is 18.4. The van der Waals surface area contributed by atoms with Crippen LogP contribution < -0.4 is 0 Å². The van der Waals surface area contributed by atoms with Crippen LogP contribution in [-0.2, 0) is 17.6 Å². The molecule has 0 spiro atoms. The summed E-state index contributed by atoms with van der Waals surface area (Å²) in [4.78, 5) is 26.6. The minimum atomic E-state index is -0.894. The van der Waals surface area contributed by atoms with Crippen LogP contribution in [0.3, 0.4) is 0 Å². The minimum absolute atomic E-state index is 0.0339. The van der Waals surface area contributed by atoms with Crippen molar-refractivity contribution in [3.63, 3.8) is 0 Å². The lowest BCUT2D eigenvalue weighted by atomic mass is 9.95. The van der Waals surface area contributed by atoms with Crippen LogP contribution in [0, 0.1) is 5.92 Å². The average Bonchev–Trinajstić information content (AvgIpc) is 3.40. The largest absolute Gasteiger partial charge is 0.477 e. The molecule has 1 aliphatic rings. The van der Waals surface area contributed by atoms with Gasteiger partial charge in [-0.15, -0.1) is 11.3 Å². The molecule has 2 aromatic rings. The van der Waals surface area contributed by atoms with Crippen molar-refractivity contribution in [2.24, 2.45) is 5.92 Å². The quantitative estimate of drug-likeness (QED) is 0.444. The van der Waals surface area contributed by atoms with E-state index < -0.39 is 12.1 Å². The lowest BCUT2D eigenvalue weighted by molar-refractivity contribution is -0.128. The molecule has 2 N–H and O–H groups in total. The second-order valence-electron chi connectivity index (χ2n) is 8.60. The number of rotatable bonds is 12. The number of aromatic carboxylic acids is 1. The summed E-state index contributed by atoms with van der Waals surface area (Å²) >= 11 is 1.30. The van der Waals surface area contributed by atoms with Crippen LogP contribution in [0.5, 0.6) is 0 Å². The van der Waals surface area contributed by atoms with Gasteiger partial charge in [0, 0.05) is 17.8 Å². The molecule has 1 fully saturated rings. The molecular weight excluding hydrogens is 422 g/mol. The van der Waals surface area contributed by atoms with Crippen molar-refractivity contribution in [2.45, 2.75) is 64.0 Å². The van der Waals surface area contributed by atoms with E-state index in [0.29, 0.717) is 17.8 Å². The summed E-state index contributed by atoms with van der Waals surface area (Å²) in [5.74, 6) is -0.570. The zero-order valence-corrected chi connectivity index (χ0v) is 19.5. The number of carboxylic acids is 1. The first kappa shape index (κ1) is 24.2. The van der Waals surface area contributed by atoms with Crippen molar-refractivity contribution in [3.05, 3.63) is 69.9 Å². The van der Waals surface area contributed by atoms with Gasteiger partial charge >= 0.3 is 5.97 Å². The number of carbonyl (C=O) groups excluding carboxylic acids is 1. The summed E-state index contributed by atoms with van der Waals surface area (Å²) in [5, 5.41) is 19.6. The molecule has 1 saturated heterocycles. The van der Waals surface area contributed by atoms with Crippen molar-refractivity contribution in [1.29, 1.82) is 0 Å². The van der Waals surface area contributed by atoms with E-state index >= 15 is 0 Å². The Morgan fingerprint density at radius 2 is 1.97 bits per heavy atom. The third kappa shape index (κ3) is 7.04. The average molecular weight is 456 g/mol. The summed E-state index contributed by atoms with van der Waals surface area (Å²) in [7, 11) is 0. The van der Waals surface area contributed by atoms with Crippen LogP contribution in [0.25, 0.3) is 0 Å². The molecule has 0 radical (unpaired) electrons. The highest BCUT2D eigenvalue weighted by atomic mass is 32.1. The predicted octanol–water partition coefficient (Wildman–Crippen LogP) is 4.95. The number of benzene rings is 1. The standard InChI is InChI=1S/C26H33NO4S/c1-19(7-5-10-20-8-3-2-4-9-20)23(28)15-12-21-13-17-25(29)27(21)18-6-11-22-14-16-24(32-22)26(30)31/h2-4,8-9,12,14-16,19,21,23,28H,5-7,10-11,13,17-18H2,1H3,(H,30,31)/t19-,21?,23+/m0/s1. The molecule has 5 nitrogen and oxygen atoms in total. The van der Waals surface area contributed by atoms with E-state index in [1.165, 1.54) is 16.9 Å². The zero-order valence-electron chi connectivity index (χ0n) is 18.7. The molecule has 1 aliphatic heterocycles. The number of hydrogen-bond donors (Lipinski definition) is 2. The van der Waals surface area contributed by atoms with Crippen LogP contribution in [-0.4, -0.2) is 45.7 Å². The van der Waals surface area contributed by atoms with E-state index in [-0.39, 0.29) is 17.9 Å². The van der Waals surface area contributed by atoms with E-state index in [0.717, 1.165) is 43.4 Å². The number of hydrogen-bond acceptors (Lipinski definition) is 4. The van der Waals surface area contributed by atoms with Gasteiger partial charge in [-0.3, -0.25) is 4.79 Å². The first-order chi connectivity index (χ1) is 15.4. The Kier molecular flexibility index (Phi) is 9.06. The van der Waals surface area contributed by atoms with Crippen molar-refractivity contribution in [2.75, 3.05) is 6.54 Å². The van der Waals surface area contributed by atoms with Gasteiger partial charge in [0.05, 0.1) is 12.1 Å². The van der Waals surface area contributed by atoms with Gasteiger partial charge in [0.15, 0.2) is 0 Å². The molecule has 0 bridgehead atoms. The van der Waals surface area contributed by atoms with Crippen LogP contribution in [0.4, 0.5) is 0 Å². The highest BCUT2D eigenvalue weighted by Gasteiger charge is 2.28. The monoisotopic (exact) mass is 455 g/mol. The highest BCUT2D eigenvalue weighted by Crippen LogP contribution is 2.23. The first-order valence-electron chi connectivity index (χ1n) is 11.5. The third-order valence-electron chi connectivity index (χ3n) is 6.15. The Morgan fingerprint density at radius 3 is 2.69 bits per heavy atom. The second kappa shape index (κ2) is 12.0. The molecule has 2 heterocycles. The van der Waals surface area contributed by atoms with Gasteiger partial charge in [-0.2, -0.15) is 0 Å². The van der Waals surface area contributed by atoms with Crippen molar-refractivity contribution >= 4 is 23.2 Å². The summed E-state index contributed by atoms with van der Waals surface area (Å²) in [5.41, 5.74) is 1.33. The molecule has 32 heavy (non-hydrogen) atoms. The number of carboxylic acid groups (broad SMARTS) is 1. The maximum absolute atomic E-state index is 12.3. The minimum Gasteiger partial charge on any atom is -0.477 e. The molecule has 1 aromatic carbocycles. The fourth-order valence-electron chi connectivity index (χ4n) is 4.17. The molecule has 6 heteroatoms. The lowest BCUT2D eigenvalue weighted by Crippen LogP contribution is -2.33. The number of amides is 1. The van der Waals surface area contributed by atoms with Gasteiger partial charge in [0.1, 0.15) is 4.88 Å². The van der Waals surface area contributed by atoms with E-state index in [4.69, 9.17) is 5.11 Å². The molecule has 0 saturated carbocycles. The Hall–Kier alpha value is -2.44. The molecule has 172 valence electrons. The van der Waals surface area contributed by atoms with Gasteiger partial charge < -0.3 is 15.1 Å². The van der Waals surface area contributed by atoms with E-state index in [1.54, 1.807) is 6.07 Å². The first-order valence-corrected chi connectivity index (χ1v) is 12.3. The fourth-order valence-corrected chi connectivity index (χ4v) is 5.06. The SMILES string of the molecule is C[C@@H](CCCc1ccccc1)[C@H](O)C=CC1CCC(=O)N1CCCc1ccc(C(=O)O)s1. The van der Waals surface area contributed by atoms with E-state index in [9.17, 15) is 14.7 Å². The van der Waals surface area contributed by atoms with Crippen LogP contribution >= 0.6 is 11.3 Å². The predicted molar refractivity (Wildman–Crippen MR) is 128 cm³/mol. The van der Waals surface area contributed by atoms with Gasteiger partial charge in [-0.1, -0.05) is 49.4 Å². The molecule has 1 amide bonds. The van der Waals surface area contributed by atoms with E-state index in [1.807, 2.05) is 29.2 Å². The number of thiophene rings is 1. The Balaban J connectivity index is 1.43. The smallest absolute Gasteiger partial charge is 0.345 e. The van der Waals surface area contributed by atoms with Crippen LogP contribution in [0.2, 0.25) is 0 Å². The molecule has 3 rings (SSSR count). The maximum atomic E-state index is 12.3. The van der Waals surface area contributed by atoms with Gasteiger partial charge in [-0.25, -0.2) is 4.79 Å². The molecule has 1 aromatic heterocycles. The molecule has 0 aliphatic carbocycles. The number of nitrogens with zero attached hydrogens (tertiary/aromatic N) is 1. The zero-order chi connectivity index (χ0) is 22.9. The highest BCUT2D eigenvalue weighted by molar-refractivity contribution is 7.13. The van der Waals surface area contributed by atoms with E-state index in [2.05, 4.69) is 31.2 Å². The second-order valence-corrected chi connectivity index (χ2v) is 9.77. The lowest BCUT2D eigenvalue weighted by Gasteiger charge is -2.23. The van der Waals surface area contributed by atoms with Crippen molar-refractivity contribution in [1.82, 2.24) is 4.90 Å². The number of aliphatic hydroxyl groups is 1. The Morgan fingerprint density at radius 1 is 1.19 bits per heavy atom. The topological polar surface area (TPSA) is 77.8 Å². The van der Waals surface area contributed by atoms with Gasteiger partial charge in [0.25, 0.3) is 0 Å². The van der Waals surface area contributed by atoms with Gasteiger partial charge in [0.2, 0.25) is 5.91 Å². The summed E-state index contributed by atoms with van der Waals surface area (Å²) in [6.07, 6.45) is 9.25. The van der Waals surface area contributed by atoms with Crippen molar-refractivity contribution in [3.8, 4) is 0 Å². The van der Waals surface area contributed by atoms with Crippen LogP contribution in [0.15, 0.2) is 54.6 Å². The number of carbonyl (C=O) groups is 2. The molecule has 3 atom stereocenters. The summed E-state index contributed by atoms with van der Waals surface area (Å²) in [6, 6.07) is 13.9. The molecule has 1 unspecified atom stereocenters. The van der Waals surface area contributed by atoms with Crippen molar-refractivity contribution < 1.29 is 19.8 Å². The van der Waals surface area contributed by atoms with Gasteiger partial charge in [-0.05, 0) is 62.1 Å². The van der Waals surface area contributed by atoms with Crippen LogP contribution in [0.1, 0.15) is 59.1 Å². The number of likely N-dealkylation sites (tertiary alicyclic amines) is 1. The summed E-state index contributed by atoms with van der Waals surface area (Å²) in [6.45, 7) is 2.72. The number of aryl methyl sites for hydroxylation is 2. The maximum Gasteiger partial charge on any atom is 0.345 e. The molecular formula is C26H33NO4S. The fraction of sp³-hybridized carbons (Fsp3) is 0.462. The number of aliphatic hydroxyl groups excluding tert-OH is 1.